The fraction of sp³-hybridized carbons (Fsp3) is 0.308. The summed E-state index contributed by atoms with van der Waals surface area (Å²) in [6.07, 6.45) is 2.39. The maximum atomic E-state index is 13.0. The van der Waals surface area contributed by atoms with Crippen molar-refractivity contribution in [3.05, 3.63) is 65.5 Å². The molecular formula is C26H27N5O3. The van der Waals surface area contributed by atoms with E-state index in [1.54, 1.807) is 11.2 Å². The van der Waals surface area contributed by atoms with Crippen LogP contribution in [0.15, 0.2) is 48.8 Å². The number of imidazole rings is 1. The zero-order valence-electron chi connectivity index (χ0n) is 19.5. The van der Waals surface area contributed by atoms with E-state index in [2.05, 4.69) is 39.5 Å². The van der Waals surface area contributed by atoms with E-state index in [0.717, 1.165) is 34.6 Å². The van der Waals surface area contributed by atoms with Crippen molar-refractivity contribution in [2.45, 2.75) is 32.0 Å². The fourth-order valence-corrected chi connectivity index (χ4v) is 4.84. The van der Waals surface area contributed by atoms with Crippen LogP contribution in [0.5, 0.6) is 0 Å². The van der Waals surface area contributed by atoms with E-state index in [9.17, 15) is 14.4 Å². The smallest absolute Gasteiger partial charge is 0.255 e. The van der Waals surface area contributed by atoms with Crippen LogP contribution in [0.2, 0.25) is 0 Å². The molecule has 0 spiro atoms. The second kappa shape index (κ2) is 8.53. The first-order chi connectivity index (χ1) is 16.3. The SMILES string of the molecule is CN(C)Cc1ccc(-c2c(-c3ccc4c(c3)CN(C3CCC(=O)NC3=O)C4=O)ncn2C)cc1. The predicted molar refractivity (Wildman–Crippen MR) is 128 cm³/mol. The zero-order chi connectivity index (χ0) is 24.0. The fourth-order valence-electron chi connectivity index (χ4n) is 4.84. The number of nitrogens with one attached hydrogen (secondary N) is 1. The van der Waals surface area contributed by atoms with Gasteiger partial charge in [0.1, 0.15) is 6.04 Å². The predicted octanol–water partition coefficient (Wildman–Crippen LogP) is 2.58. The second-order valence-corrected chi connectivity index (χ2v) is 9.26. The third-order valence-electron chi connectivity index (χ3n) is 6.46. The molecule has 0 aliphatic carbocycles. The van der Waals surface area contributed by atoms with Gasteiger partial charge in [-0.3, -0.25) is 19.7 Å². The quantitative estimate of drug-likeness (QED) is 0.595. The Labute approximate surface area is 198 Å². The van der Waals surface area contributed by atoms with Gasteiger partial charge in [-0.05, 0) is 43.8 Å². The van der Waals surface area contributed by atoms with Gasteiger partial charge in [0.25, 0.3) is 5.91 Å². The minimum Gasteiger partial charge on any atom is -0.333 e. The topological polar surface area (TPSA) is 87.5 Å². The molecule has 3 amide bonds. The lowest BCUT2D eigenvalue weighted by Crippen LogP contribution is -2.52. The van der Waals surface area contributed by atoms with Crippen LogP contribution in [0, 0.1) is 0 Å². The molecule has 1 unspecified atom stereocenters. The highest BCUT2D eigenvalue weighted by Crippen LogP contribution is 2.35. The molecule has 3 heterocycles. The van der Waals surface area contributed by atoms with Crippen LogP contribution in [0.4, 0.5) is 0 Å². The summed E-state index contributed by atoms with van der Waals surface area (Å²) in [7, 11) is 6.07. The van der Waals surface area contributed by atoms with Crippen molar-refractivity contribution in [3.63, 3.8) is 0 Å². The average Bonchev–Trinajstić information content (AvgIpc) is 3.34. The third kappa shape index (κ3) is 3.90. The second-order valence-electron chi connectivity index (χ2n) is 9.26. The Morgan fingerprint density at radius 3 is 2.50 bits per heavy atom. The Hall–Kier alpha value is -3.78. The summed E-state index contributed by atoms with van der Waals surface area (Å²) in [6, 6.07) is 13.6. The largest absolute Gasteiger partial charge is 0.333 e. The van der Waals surface area contributed by atoms with Crippen LogP contribution in [-0.4, -0.2) is 57.2 Å². The molecule has 2 aliphatic heterocycles. The molecule has 3 aromatic rings. The number of piperidine rings is 1. The maximum Gasteiger partial charge on any atom is 0.255 e. The summed E-state index contributed by atoms with van der Waals surface area (Å²) in [5.41, 5.74) is 6.54. The van der Waals surface area contributed by atoms with Crippen LogP contribution in [0.25, 0.3) is 22.5 Å². The molecule has 2 aromatic carbocycles. The Kier molecular flexibility index (Phi) is 5.53. The molecule has 2 aliphatic rings. The Bertz CT molecular complexity index is 1290. The minimum atomic E-state index is -0.618. The van der Waals surface area contributed by atoms with Crippen molar-refractivity contribution < 1.29 is 14.4 Å². The molecule has 1 saturated heterocycles. The first-order valence-corrected chi connectivity index (χ1v) is 11.3. The highest BCUT2D eigenvalue weighted by Gasteiger charge is 2.39. The molecule has 1 atom stereocenters. The number of carbonyl (C=O) groups excluding carboxylic acids is 3. The van der Waals surface area contributed by atoms with Gasteiger partial charge in [-0.2, -0.15) is 0 Å². The average molecular weight is 458 g/mol. The van der Waals surface area contributed by atoms with Crippen molar-refractivity contribution in [2.75, 3.05) is 14.1 Å². The van der Waals surface area contributed by atoms with Gasteiger partial charge in [-0.25, -0.2) is 4.98 Å². The van der Waals surface area contributed by atoms with Gasteiger partial charge in [-0.15, -0.1) is 0 Å². The van der Waals surface area contributed by atoms with E-state index < -0.39 is 11.9 Å². The number of fused-ring (bicyclic) bond motifs is 1. The number of hydrogen-bond donors (Lipinski definition) is 1. The number of imide groups is 1. The lowest BCUT2D eigenvalue weighted by molar-refractivity contribution is -0.136. The van der Waals surface area contributed by atoms with Gasteiger partial charge in [-0.1, -0.05) is 30.3 Å². The molecule has 0 radical (unpaired) electrons. The molecular weight excluding hydrogens is 430 g/mol. The highest BCUT2D eigenvalue weighted by molar-refractivity contribution is 6.05. The zero-order valence-corrected chi connectivity index (χ0v) is 19.5. The molecule has 8 heteroatoms. The molecule has 8 nitrogen and oxygen atoms in total. The summed E-state index contributed by atoms with van der Waals surface area (Å²) < 4.78 is 2.00. The summed E-state index contributed by atoms with van der Waals surface area (Å²) in [4.78, 5) is 45.2. The maximum absolute atomic E-state index is 13.0. The van der Waals surface area contributed by atoms with Gasteiger partial charge >= 0.3 is 0 Å². The molecule has 0 saturated carbocycles. The molecule has 174 valence electrons. The summed E-state index contributed by atoms with van der Waals surface area (Å²) in [5.74, 6) is -0.860. The van der Waals surface area contributed by atoms with Crippen LogP contribution >= 0.6 is 0 Å². The van der Waals surface area contributed by atoms with Crippen molar-refractivity contribution in [1.29, 1.82) is 0 Å². The van der Waals surface area contributed by atoms with Gasteiger partial charge in [0, 0.05) is 43.2 Å². The van der Waals surface area contributed by atoms with E-state index in [1.165, 1.54) is 5.56 Å². The van der Waals surface area contributed by atoms with Crippen molar-refractivity contribution >= 4 is 17.7 Å². The molecule has 5 rings (SSSR count). The normalized spacial score (nSPS) is 17.9. The lowest BCUT2D eigenvalue weighted by Gasteiger charge is -2.29. The van der Waals surface area contributed by atoms with Crippen LogP contribution in [-0.2, 0) is 29.7 Å². The molecule has 1 aromatic heterocycles. The molecule has 34 heavy (non-hydrogen) atoms. The first kappa shape index (κ1) is 22.0. The van der Waals surface area contributed by atoms with Gasteiger partial charge in [0.15, 0.2) is 0 Å². The van der Waals surface area contributed by atoms with E-state index in [0.29, 0.717) is 18.5 Å². The number of benzene rings is 2. The standard InChI is InChI=1S/C26H27N5O3/c1-29(2)13-16-4-6-17(7-5-16)24-23(27-15-30(24)3)18-8-9-20-19(12-18)14-31(26(20)34)21-10-11-22(32)28-25(21)33/h4-9,12,15,21H,10-11,13-14H2,1-3H3,(H,28,32,33). The van der Waals surface area contributed by atoms with Crippen LogP contribution < -0.4 is 5.32 Å². The molecule has 1 fully saturated rings. The number of aromatic nitrogens is 2. The molecule has 1 N–H and O–H groups in total. The lowest BCUT2D eigenvalue weighted by atomic mass is 10.00. The Morgan fingerprint density at radius 2 is 1.79 bits per heavy atom. The van der Waals surface area contributed by atoms with E-state index >= 15 is 0 Å². The highest BCUT2D eigenvalue weighted by atomic mass is 16.2. The number of hydrogen-bond acceptors (Lipinski definition) is 5. The summed E-state index contributed by atoms with van der Waals surface area (Å²) in [5, 5.41) is 2.35. The Balaban J connectivity index is 1.44. The van der Waals surface area contributed by atoms with Crippen molar-refractivity contribution in [2.24, 2.45) is 7.05 Å². The number of amides is 3. The van der Waals surface area contributed by atoms with Crippen molar-refractivity contribution in [3.8, 4) is 22.5 Å². The minimum absolute atomic E-state index is 0.172. The number of aryl methyl sites for hydroxylation is 1. The van der Waals surface area contributed by atoms with Gasteiger partial charge < -0.3 is 14.4 Å². The van der Waals surface area contributed by atoms with E-state index in [-0.39, 0.29) is 18.2 Å². The number of rotatable bonds is 5. The monoisotopic (exact) mass is 457 g/mol. The van der Waals surface area contributed by atoms with Gasteiger partial charge in [0.05, 0.1) is 17.7 Å². The Morgan fingerprint density at radius 1 is 1.06 bits per heavy atom. The van der Waals surface area contributed by atoms with E-state index in [4.69, 9.17) is 0 Å². The molecule has 0 bridgehead atoms. The number of carbonyl (C=O) groups is 3. The summed E-state index contributed by atoms with van der Waals surface area (Å²) in [6.45, 7) is 1.22. The van der Waals surface area contributed by atoms with Gasteiger partial charge in [0.2, 0.25) is 11.8 Å². The van der Waals surface area contributed by atoms with E-state index in [1.807, 2.05) is 43.9 Å². The van der Waals surface area contributed by atoms with Crippen LogP contribution in [0.3, 0.4) is 0 Å². The number of nitrogens with zero attached hydrogens (tertiary/aromatic N) is 4. The first-order valence-electron chi connectivity index (χ1n) is 11.3. The third-order valence-corrected chi connectivity index (χ3v) is 6.46. The van der Waals surface area contributed by atoms with Crippen molar-refractivity contribution in [1.82, 2.24) is 24.7 Å². The summed E-state index contributed by atoms with van der Waals surface area (Å²) >= 11 is 0. The van der Waals surface area contributed by atoms with Crippen LogP contribution in [0.1, 0.15) is 34.3 Å².